The van der Waals surface area contributed by atoms with E-state index in [1.807, 2.05) is 18.2 Å². The van der Waals surface area contributed by atoms with Crippen molar-refractivity contribution in [2.24, 2.45) is 5.92 Å². The maximum atomic E-state index is 5.98. The van der Waals surface area contributed by atoms with Crippen molar-refractivity contribution in [3.63, 3.8) is 0 Å². The number of benzene rings is 1. The van der Waals surface area contributed by atoms with Gasteiger partial charge in [-0.05, 0) is 43.4 Å². The summed E-state index contributed by atoms with van der Waals surface area (Å²) in [6.07, 6.45) is 2.53. The summed E-state index contributed by atoms with van der Waals surface area (Å²) < 4.78 is 5.59. The summed E-state index contributed by atoms with van der Waals surface area (Å²) >= 11 is 9.76. The number of halogens is 2. The Balaban J connectivity index is 1.99. The third kappa shape index (κ3) is 2.99. The average Bonchev–Trinajstić information content (AvgIpc) is 2.64. The molecule has 1 heterocycles. The van der Waals surface area contributed by atoms with Gasteiger partial charge in [0.25, 0.3) is 0 Å². The molecule has 0 radical (unpaired) electrons. The fourth-order valence-electron chi connectivity index (χ4n) is 2.26. The highest BCUT2D eigenvalue weighted by Gasteiger charge is 2.30. The Hall–Kier alpha value is -0.0500. The van der Waals surface area contributed by atoms with Crippen LogP contribution in [0.2, 0.25) is 5.02 Å². The second-order valence-electron chi connectivity index (χ2n) is 4.38. The lowest BCUT2D eigenvalue weighted by atomic mass is 9.94. The van der Waals surface area contributed by atoms with E-state index in [1.54, 1.807) is 0 Å². The van der Waals surface area contributed by atoms with Gasteiger partial charge in [-0.1, -0.05) is 39.7 Å². The van der Waals surface area contributed by atoms with Crippen LogP contribution in [0.25, 0.3) is 0 Å². The predicted molar refractivity (Wildman–Crippen MR) is 71.4 cm³/mol. The summed E-state index contributed by atoms with van der Waals surface area (Å²) in [6.45, 7) is 3.05. The van der Waals surface area contributed by atoms with E-state index in [9.17, 15) is 0 Å². The van der Waals surface area contributed by atoms with Gasteiger partial charge in [0.15, 0.2) is 0 Å². The molecule has 0 bridgehead atoms. The first kappa shape index (κ1) is 12.4. The number of ether oxygens (including phenoxy) is 1. The highest BCUT2D eigenvalue weighted by molar-refractivity contribution is 9.09. The second kappa shape index (κ2) is 5.52. The molecule has 0 saturated carbocycles. The van der Waals surface area contributed by atoms with E-state index in [0.29, 0.717) is 16.8 Å². The molecule has 0 amide bonds. The Morgan fingerprint density at radius 1 is 1.56 bits per heavy atom. The van der Waals surface area contributed by atoms with Crippen molar-refractivity contribution in [3.8, 4) is 0 Å². The molecule has 16 heavy (non-hydrogen) atoms. The lowest BCUT2D eigenvalue weighted by Gasteiger charge is -2.20. The van der Waals surface area contributed by atoms with Gasteiger partial charge in [-0.15, -0.1) is 0 Å². The molecule has 3 atom stereocenters. The molecule has 1 aromatic carbocycles. The molecule has 88 valence electrons. The fraction of sp³-hybridized carbons (Fsp3) is 0.538. The Morgan fingerprint density at radius 2 is 2.38 bits per heavy atom. The molecule has 1 aliphatic heterocycles. The molecule has 3 unspecified atom stereocenters. The number of alkyl halides is 1. The Morgan fingerprint density at radius 3 is 3.00 bits per heavy atom. The molecule has 0 spiro atoms. The topological polar surface area (TPSA) is 9.23 Å². The molecular weight excluding hydrogens is 287 g/mol. The molecule has 0 aromatic heterocycles. The van der Waals surface area contributed by atoms with Crippen LogP contribution in [0.1, 0.15) is 18.9 Å². The van der Waals surface area contributed by atoms with Crippen LogP contribution < -0.4 is 0 Å². The molecule has 1 nitrogen and oxygen atoms in total. The Bertz CT molecular complexity index is 356. The fourth-order valence-corrected chi connectivity index (χ4v) is 3.54. The summed E-state index contributed by atoms with van der Waals surface area (Å²) in [7, 11) is 0. The summed E-state index contributed by atoms with van der Waals surface area (Å²) in [4.78, 5) is 0.475. The van der Waals surface area contributed by atoms with Gasteiger partial charge in [-0.2, -0.15) is 0 Å². The van der Waals surface area contributed by atoms with E-state index in [-0.39, 0.29) is 0 Å². The van der Waals surface area contributed by atoms with Crippen LogP contribution in [-0.4, -0.2) is 17.5 Å². The first-order chi connectivity index (χ1) is 7.66. The second-order valence-corrected chi connectivity index (χ2v) is 5.99. The van der Waals surface area contributed by atoms with Crippen LogP contribution >= 0.6 is 27.5 Å². The van der Waals surface area contributed by atoms with Crippen molar-refractivity contribution < 1.29 is 4.74 Å². The van der Waals surface area contributed by atoms with Crippen molar-refractivity contribution in [1.29, 1.82) is 0 Å². The van der Waals surface area contributed by atoms with Gasteiger partial charge in [0.05, 0.1) is 6.10 Å². The van der Waals surface area contributed by atoms with Crippen LogP contribution in [0.3, 0.4) is 0 Å². The van der Waals surface area contributed by atoms with Crippen molar-refractivity contribution in [1.82, 2.24) is 0 Å². The quantitative estimate of drug-likeness (QED) is 0.765. The summed E-state index contributed by atoms with van der Waals surface area (Å²) in [5, 5.41) is 0.813. The van der Waals surface area contributed by atoms with Gasteiger partial charge in [0.1, 0.15) is 0 Å². The summed E-state index contributed by atoms with van der Waals surface area (Å²) in [5.41, 5.74) is 1.29. The highest BCUT2D eigenvalue weighted by Crippen LogP contribution is 2.30. The van der Waals surface area contributed by atoms with Gasteiger partial charge < -0.3 is 4.74 Å². The van der Waals surface area contributed by atoms with Crippen molar-refractivity contribution in [2.45, 2.75) is 30.7 Å². The normalized spacial score (nSPS) is 26.9. The monoisotopic (exact) mass is 302 g/mol. The molecule has 0 N–H and O–H groups in total. The first-order valence-corrected chi connectivity index (χ1v) is 6.96. The van der Waals surface area contributed by atoms with Gasteiger partial charge in [0, 0.05) is 16.5 Å². The van der Waals surface area contributed by atoms with E-state index < -0.39 is 0 Å². The number of hydrogen-bond donors (Lipinski definition) is 0. The third-order valence-corrected chi connectivity index (χ3v) is 4.46. The van der Waals surface area contributed by atoms with Gasteiger partial charge in [-0.25, -0.2) is 0 Å². The van der Waals surface area contributed by atoms with E-state index in [0.717, 1.165) is 24.5 Å². The van der Waals surface area contributed by atoms with Crippen LogP contribution in [0.15, 0.2) is 24.3 Å². The van der Waals surface area contributed by atoms with E-state index in [4.69, 9.17) is 16.3 Å². The standard InChI is InChI=1S/C13H16BrClO/c1-9-12(5-6-16-9)13(14)8-10-3-2-4-11(15)7-10/h2-4,7,9,12-13H,5-6,8H2,1H3. The zero-order chi connectivity index (χ0) is 11.5. The zero-order valence-corrected chi connectivity index (χ0v) is 11.7. The first-order valence-electron chi connectivity index (χ1n) is 5.67. The third-order valence-electron chi connectivity index (χ3n) is 3.22. The summed E-state index contributed by atoms with van der Waals surface area (Å²) in [6, 6.07) is 8.08. The number of rotatable bonds is 3. The van der Waals surface area contributed by atoms with Crippen molar-refractivity contribution in [3.05, 3.63) is 34.9 Å². The largest absolute Gasteiger partial charge is 0.378 e. The zero-order valence-electron chi connectivity index (χ0n) is 9.33. The molecule has 3 heteroatoms. The Kier molecular flexibility index (Phi) is 4.28. The Labute approximate surface area is 110 Å². The van der Waals surface area contributed by atoms with Crippen LogP contribution in [0.5, 0.6) is 0 Å². The summed E-state index contributed by atoms with van der Waals surface area (Å²) in [5.74, 6) is 0.610. The lowest BCUT2D eigenvalue weighted by Crippen LogP contribution is -2.23. The van der Waals surface area contributed by atoms with E-state index in [2.05, 4.69) is 28.9 Å². The van der Waals surface area contributed by atoms with Gasteiger partial charge in [0.2, 0.25) is 0 Å². The van der Waals surface area contributed by atoms with Crippen LogP contribution in [-0.2, 0) is 11.2 Å². The van der Waals surface area contributed by atoms with Crippen LogP contribution in [0.4, 0.5) is 0 Å². The molecule has 2 rings (SSSR count). The number of hydrogen-bond acceptors (Lipinski definition) is 1. The predicted octanol–water partition coefficient (Wildman–Crippen LogP) is 4.07. The van der Waals surface area contributed by atoms with Crippen LogP contribution in [0, 0.1) is 5.92 Å². The molecular formula is C13H16BrClO. The maximum absolute atomic E-state index is 5.98. The molecule has 1 fully saturated rings. The van der Waals surface area contributed by atoms with E-state index in [1.165, 1.54) is 5.56 Å². The minimum absolute atomic E-state index is 0.364. The van der Waals surface area contributed by atoms with Gasteiger partial charge in [-0.3, -0.25) is 0 Å². The van der Waals surface area contributed by atoms with Gasteiger partial charge >= 0.3 is 0 Å². The van der Waals surface area contributed by atoms with Crippen molar-refractivity contribution >= 4 is 27.5 Å². The molecule has 1 aliphatic rings. The average molecular weight is 304 g/mol. The lowest BCUT2D eigenvalue weighted by molar-refractivity contribution is 0.105. The van der Waals surface area contributed by atoms with Crippen molar-refractivity contribution in [2.75, 3.05) is 6.61 Å². The minimum atomic E-state index is 0.364. The smallest absolute Gasteiger partial charge is 0.0586 e. The molecule has 0 aliphatic carbocycles. The highest BCUT2D eigenvalue weighted by atomic mass is 79.9. The minimum Gasteiger partial charge on any atom is -0.378 e. The molecule has 1 saturated heterocycles. The molecule has 1 aromatic rings. The van der Waals surface area contributed by atoms with E-state index >= 15 is 0 Å². The SMILES string of the molecule is CC1OCCC1C(Br)Cc1cccc(Cl)c1. The maximum Gasteiger partial charge on any atom is 0.0586 e.